The summed E-state index contributed by atoms with van der Waals surface area (Å²) in [6.07, 6.45) is 9.02. The normalized spacial score (nSPS) is 11.1. The number of fused-ring (bicyclic) bond motifs is 1. The number of esters is 1. The van der Waals surface area contributed by atoms with Crippen molar-refractivity contribution in [2.75, 3.05) is 7.11 Å². The van der Waals surface area contributed by atoms with E-state index in [0.717, 1.165) is 11.2 Å². The Balaban J connectivity index is 2.18. The summed E-state index contributed by atoms with van der Waals surface area (Å²) in [5.74, 6) is -0.263. The number of ether oxygens (including phenoxy) is 1. The van der Waals surface area contributed by atoms with Gasteiger partial charge in [-0.15, -0.1) is 0 Å². The lowest BCUT2D eigenvalue weighted by Crippen LogP contribution is -1.96. The van der Waals surface area contributed by atoms with Crippen LogP contribution in [-0.2, 0) is 9.53 Å². The lowest BCUT2D eigenvalue weighted by Gasteiger charge is -1.92. The Morgan fingerprint density at radius 2 is 2.50 bits per heavy atom. The van der Waals surface area contributed by atoms with Crippen molar-refractivity contribution in [2.24, 2.45) is 0 Å². The first-order chi connectivity index (χ1) is 7.81. The van der Waals surface area contributed by atoms with Crippen molar-refractivity contribution < 1.29 is 9.53 Å². The van der Waals surface area contributed by atoms with E-state index in [1.54, 1.807) is 23.0 Å². The number of nitrogens with zero attached hydrogens (tertiary/aromatic N) is 3. The van der Waals surface area contributed by atoms with Gasteiger partial charge in [-0.25, -0.2) is 9.50 Å². The van der Waals surface area contributed by atoms with Gasteiger partial charge in [0.15, 0.2) is 5.65 Å². The Morgan fingerprint density at radius 3 is 3.31 bits per heavy atom. The molecule has 0 N–H and O–H groups in total. The van der Waals surface area contributed by atoms with Gasteiger partial charge in [-0.3, -0.25) is 4.79 Å². The smallest absolute Gasteiger partial charge is 0.309 e. The molecule has 0 amide bonds. The molecular weight excluding hydrogens is 206 g/mol. The van der Waals surface area contributed by atoms with Crippen molar-refractivity contribution in [3.8, 4) is 0 Å². The van der Waals surface area contributed by atoms with E-state index in [0.29, 0.717) is 0 Å². The lowest BCUT2D eigenvalue weighted by molar-refractivity contribution is -0.139. The van der Waals surface area contributed by atoms with Gasteiger partial charge < -0.3 is 4.74 Å². The van der Waals surface area contributed by atoms with Crippen molar-refractivity contribution in [3.63, 3.8) is 0 Å². The predicted molar refractivity (Wildman–Crippen MR) is 58.7 cm³/mol. The molecule has 0 aromatic carbocycles. The summed E-state index contributed by atoms with van der Waals surface area (Å²) in [7, 11) is 1.37. The molecule has 2 heterocycles. The molecule has 82 valence electrons. The molecule has 2 aromatic rings. The number of aromatic nitrogens is 3. The van der Waals surface area contributed by atoms with Crippen LogP contribution in [0.15, 0.2) is 30.7 Å². The lowest BCUT2D eigenvalue weighted by atomic mass is 10.3. The molecule has 0 bridgehead atoms. The maximum absolute atomic E-state index is 10.9. The van der Waals surface area contributed by atoms with Gasteiger partial charge in [0, 0.05) is 18.0 Å². The van der Waals surface area contributed by atoms with Crippen LogP contribution in [0.3, 0.4) is 0 Å². The summed E-state index contributed by atoms with van der Waals surface area (Å²) in [5, 5.41) is 4.12. The second-order valence-electron chi connectivity index (χ2n) is 3.17. The van der Waals surface area contributed by atoms with E-state index in [1.165, 1.54) is 7.11 Å². The molecule has 0 spiro atoms. The van der Waals surface area contributed by atoms with Crippen LogP contribution in [0.1, 0.15) is 12.0 Å². The molecular formula is C11H11N3O2. The van der Waals surface area contributed by atoms with Crippen LogP contribution in [0.25, 0.3) is 11.7 Å². The van der Waals surface area contributed by atoms with Crippen LogP contribution >= 0.6 is 0 Å². The van der Waals surface area contributed by atoms with Crippen LogP contribution in [0.5, 0.6) is 0 Å². The Bertz CT molecular complexity index is 531. The third-order valence-electron chi connectivity index (χ3n) is 2.12. The summed E-state index contributed by atoms with van der Waals surface area (Å²) in [5.41, 5.74) is 1.65. The summed E-state index contributed by atoms with van der Waals surface area (Å²) >= 11 is 0. The molecule has 0 aliphatic rings. The molecule has 0 atom stereocenters. The molecule has 0 unspecified atom stereocenters. The molecule has 0 saturated heterocycles. The largest absolute Gasteiger partial charge is 0.469 e. The average molecular weight is 217 g/mol. The zero-order valence-electron chi connectivity index (χ0n) is 8.83. The van der Waals surface area contributed by atoms with Crippen LogP contribution in [0, 0.1) is 0 Å². The molecule has 0 aliphatic carbocycles. The second-order valence-corrected chi connectivity index (χ2v) is 3.17. The van der Waals surface area contributed by atoms with Crippen molar-refractivity contribution in [1.82, 2.24) is 14.6 Å². The third kappa shape index (κ3) is 2.08. The molecule has 0 fully saturated rings. The van der Waals surface area contributed by atoms with E-state index in [4.69, 9.17) is 0 Å². The topological polar surface area (TPSA) is 56.5 Å². The highest BCUT2D eigenvalue weighted by Gasteiger charge is 2.01. The van der Waals surface area contributed by atoms with Crippen molar-refractivity contribution in [3.05, 3.63) is 36.3 Å². The first-order valence-corrected chi connectivity index (χ1v) is 4.83. The number of hydrogen-bond acceptors (Lipinski definition) is 4. The zero-order valence-corrected chi connectivity index (χ0v) is 8.83. The zero-order chi connectivity index (χ0) is 11.4. The second kappa shape index (κ2) is 4.57. The van der Waals surface area contributed by atoms with E-state index >= 15 is 0 Å². The summed E-state index contributed by atoms with van der Waals surface area (Å²) in [6, 6.07) is 1.81. The van der Waals surface area contributed by atoms with Crippen LogP contribution in [0.2, 0.25) is 0 Å². The Labute approximate surface area is 92.4 Å². The number of hydrogen-bond donors (Lipinski definition) is 0. The molecule has 5 nitrogen and oxygen atoms in total. The SMILES string of the molecule is COC(=O)CC=Cc1cnn2cccnc12. The number of carbonyl (C=O) groups excluding carboxylic acids is 1. The fourth-order valence-electron chi connectivity index (χ4n) is 1.33. The molecule has 0 radical (unpaired) electrons. The molecule has 2 rings (SSSR count). The molecule has 16 heavy (non-hydrogen) atoms. The van der Waals surface area contributed by atoms with Gasteiger partial charge in [0.2, 0.25) is 0 Å². The van der Waals surface area contributed by atoms with Crippen LogP contribution < -0.4 is 0 Å². The maximum Gasteiger partial charge on any atom is 0.309 e. The average Bonchev–Trinajstić information content (AvgIpc) is 2.73. The Hall–Kier alpha value is -2.17. The van der Waals surface area contributed by atoms with E-state index in [-0.39, 0.29) is 12.4 Å². The maximum atomic E-state index is 10.9. The number of methoxy groups -OCH3 is 1. The van der Waals surface area contributed by atoms with E-state index < -0.39 is 0 Å². The highest BCUT2D eigenvalue weighted by molar-refractivity contribution is 5.73. The minimum atomic E-state index is -0.263. The third-order valence-corrected chi connectivity index (χ3v) is 2.12. The van der Waals surface area contributed by atoms with Crippen molar-refractivity contribution in [1.29, 1.82) is 0 Å². The van der Waals surface area contributed by atoms with E-state index in [2.05, 4.69) is 14.8 Å². The first kappa shape index (κ1) is 10.4. The highest BCUT2D eigenvalue weighted by atomic mass is 16.5. The van der Waals surface area contributed by atoms with Crippen molar-refractivity contribution >= 4 is 17.7 Å². The molecule has 5 heteroatoms. The molecule has 2 aromatic heterocycles. The van der Waals surface area contributed by atoms with E-state index in [9.17, 15) is 4.79 Å². The number of carbonyl (C=O) groups is 1. The number of rotatable bonds is 3. The van der Waals surface area contributed by atoms with Gasteiger partial charge in [-0.05, 0) is 6.07 Å². The predicted octanol–water partition coefficient (Wildman–Crippen LogP) is 1.31. The van der Waals surface area contributed by atoms with Gasteiger partial charge in [-0.1, -0.05) is 12.2 Å². The molecule has 0 aliphatic heterocycles. The van der Waals surface area contributed by atoms with Crippen LogP contribution in [-0.4, -0.2) is 27.7 Å². The van der Waals surface area contributed by atoms with Crippen LogP contribution in [0.4, 0.5) is 0 Å². The summed E-state index contributed by atoms with van der Waals surface area (Å²) in [6.45, 7) is 0. The van der Waals surface area contributed by atoms with E-state index in [1.807, 2.05) is 18.3 Å². The quantitative estimate of drug-likeness (QED) is 0.727. The minimum Gasteiger partial charge on any atom is -0.469 e. The Morgan fingerprint density at radius 1 is 1.62 bits per heavy atom. The minimum absolute atomic E-state index is 0.251. The summed E-state index contributed by atoms with van der Waals surface area (Å²) in [4.78, 5) is 15.1. The summed E-state index contributed by atoms with van der Waals surface area (Å²) < 4.78 is 6.21. The fraction of sp³-hybridized carbons (Fsp3) is 0.182. The molecule has 0 saturated carbocycles. The standard InChI is InChI=1S/C11H11N3O2/c1-16-10(15)5-2-4-9-8-13-14-7-3-6-12-11(9)14/h2-4,6-8H,5H2,1H3. The van der Waals surface area contributed by atoms with Gasteiger partial charge in [0.1, 0.15) is 0 Å². The monoisotopic (exact) mass is 217 g/mol. The van der Waals surface area contributed by atoms with Gasteiger partial charge in [-0.2, -0.15) is 5.10 Å². The Kier molecular flexibility index (Phi) is 2.95. The van der Waals surface area contributed by atoms with Gasteiger partial charge in [0.25, 0.3) is 0 Å². The van der Waals surface area contributed by atoms with Gasteiger partial charge in [0.05, 0.1) is 19.7 Å². The highest BCUT2D eigenvalue weighted by Crippen LogP contribution is 2.09. The fourth-order valence-corrected chi connectivity index (χ4v) is 1.33. The van der Waals surface area contributed by atoms with Gasteiger partial charge >= 0.3 is 5.97 Å². The first-order valence-electron chi connectivity index (χ1n) is 4.83. The van der Waals surface area contributed by atoms with Crippen molar-refractivity contribution in [2.45, 2.75) is 6.42 Å².